The van der Waals surface area contributed by atoms with Gasteiger partial charge in [-0.15, -0.1) is 11.6 Å². The van der Waals surface area contributed by atoms with Crippen LogP contribution in [-0.4, -0.2) is 17.8 Å². The van der Waals surface area contributed by atoms with Gasteiger partial charge in [0, 0.05) is 12.3 Å². The number of carbonyl (C=O) groups is 2. The van der Waals surface area contributed by atoms with Crippen molar-refractivity contribution in [2.45, 2.75) is 26.3 Å². The zero-order chi connectivity index (χ0) is 12.8. The van der Waals surface area contributed by atoms with Crippen LogP contribution in [0.2, 0.25) is 0 Å². The molecule has 0 saturated heterocycles. The lowest BCUT2D eigenvalue weighted by Gasteiger charge is -2.11. The monoisotopic (exact) mass is 258 g/mol. The number of urea groups is 1. The van der Waals surface area contributed by atoms with Crippen molar-refractivity contribution in [1.29, 1.82) is 0 Å². The van der Waals surface area contributed by atoms with Crippen molar-refractivity contribution >= 4 is 23.5 Å². The molecule has 94 valence electrons. The van der Waals surface area contributed by atoms with E-state index in [2.05, 4.69) is 10.6 Å². The first-order chi connectivity index (χ1) is 8.02. The number of imide groups is 1. The summed E-state index contributed by atoms with van der Waals surface area (Å²) >= 11 is 5.38. The van der Waals surface area contributed by atoms with Crippen LogP contribution >= 0.6 is 11.6 Å². The molecule has 1 aromatic rings. The Hall–Kier alpha value is -1.49. The van der Waals surface area contributed by atoms with Gasteiger partial charge in [-0.1, -0.05) is 0 Å². The second-order valence-corrected chi connectivity index (χ2v) is 4.01. The van der Waals surface area contributed by atoms with Gasteiger partial charge in [-0.2, -0.15) is 0 Å². The first-order valence-electron chi connectivity index (χ1n) is 5.25. The van der Waals surface area contributed by atoms with Crippen LogP contribution in [0.1, 0.15) is 30.9 Å². The van der Waals surface area contributed by atoms with Crippen LogP contribution in [0.3, 0.4) is 0 Å². The molecule has 0 saturated carbocycles. The minimum absolute atomic E-state index is 0.114. The minimum Gasteiger partial charge on any atom is -0.464 e. The zero-order valence-corrected chi connectivity index (χ0v) is 10.5. The topological polar surface area (TPSA) is 71.3 Å². The molecule has 1 aromatic heterocycles. The van der Waals surface area contributed by atoms with E-state index in [0.29, 0.717) is 5.76 Å². The summed E-state index contributed by atoms with van der Waals surface area (Å²) in [6.07, 6.45) is 0.114. The Bertz CT molecular complexity index is 403. The fourth-order valence-electron chi connectivity index (χ4n) is 1.26. The lowest BCUT2D eigenvalue weighted by Crippen LogP contribution is -2.40. The third-order valence-electron chi connectivity index (χ3n) is 2.11. The van der Waals surface area contributed by atoms with E-state index >= 15 is 0 Å². The van der Waals surface area contributed by atoms with Crippen LogP contribution in [0.5, 0.6) is 0 Å². The van der Waals surface area contributed by atoms with E-state index in [1.54, 1.807) is 13.0 Å². The maximum atomic E-state index is 11.4. The molecule has 0 aliphatic carbocycles. The zero-order valence-electron chi connectivity index (χ0n) is 9.75. The quantitative estimate of drug-likeness (QED) is 0.813. The van der Waals surface area contributed by atoms with Gasteiger partial charge in [-0.25, -0.2) is 4.79 Å². The summed E-state index contributed by atoms with van der Waals surface area (Å²) < 4.78 is 5.35. The van der Waals surface area contributed by atoms with Crippen LogP contribution in [0.25, 0.3) is 0 Å². The van der Waals surface area contributed by atoms with E-state index in [1.165, 1.54) is 0 Å². The van der Waals surface area contributed by atoms with E-state index in [1.807, 2.05) is 13.0 Å². The Morgan fingerprint density at radius 1 is 1.47 bits per heavy atom. The van der Waals surface area contributed by atoms with Crippen molar-refractivity contribution in [2.24, 2.45) is 0 Å². The molecule has 6 heteroatoms. The first-order valence-corrected chi connectivity index (χ1v) is 5.79. The van der Waals surface area contributed by atoms with Crippen LogP contribution in [-0.2, 0) is 4.79 Å². The van der Waals surface area contributed by atoms with E-state index in [0.717, 1.165) is 5.76 Å². The van der Waals surface area contributed by atoms with Gasteiger partial charge in [0.2, 0.25) is 5.91 Å². The number of halogens is 1. The van der Waals surface area contributed by atoms with Crippen molar-refractivity contribution in [3.8, 4) is 0 Å². The summed E-state index contributed by atoms with van der Waals surface area (Å²) in [6.45, 7) is 3.59. The second-order valence-electron chi connectivity index (χ2n) is 3.63. The first kappa shape index (κ1) is 13.6. The van der Waals surface area contributed by atoms with E-state index in [9.17, 15) is 9.59 Å². The minimum atomic E-state index is -0.554. The highest BCUT2D eigenvalue weighted by Crippen LogP contribution is 2.15. The second kappa shape index (κ2) is 6.30. The van der Waals surface area contributed by atoms with Gasteiger partial charge in [-0.05, 0) is 26.0 Å². The summed E-state index contributed by atoms with van der Waals surface area (Å²) in [4.78, 5) is 22.5. The maximum Gasteiger partial charge on any atom is 0.322 e. The molecule has 0 bridgehead atoms. The third-order valence-corrected chi connectivity index (χ3v) is 2.30. The fraction of sp³-hybridized carbons (Fsp3) is 0.455. The predicted molar refractivity (Wildman–Crippen MR) is 63.9 cm³/mol. The van der Waals surface area contributed by atoms with E-state index < -0.39 is 11.9 Å². The fourth-order valence-corrected chi connectivity index (χ4v) is 1.44. The van der Waals surface area contributed by atoms with Gasteiger partial charge in [0.25, 0.3) is 0 Å². The Balaban J connectivity index is 2.43. The number of carbonyl (C=O) groups excluding carboxylic acids is 2. The molecule has 0 aromatic carbocycles. The molecule has 0 fully saturated rings. The smallest absolute Gasteiger partial charge is 0.322 e. The van der Waals surface area contributed by atoms with Crippen LogP contribution in [0.15, 0.2) is 16.5 Å². The van der Waals surface area contributed by atoms with Crippen molar-refractivity contribution < 1.29 is 14.0 Å². The molecule has 1 atom stereocenters. The van der Waals surface area contributed by atoms with Crippen LogP contribution in [0, 0.1) is 6.92 Å². The molecule has 1 rings (SSSR count). The standard InChI is InChI=1S/C11H15ClN2O3/c1-7-3-4-9(17-7)8(2)13-11(16)14-10(15)5-6-12/h3-4,8H,5-6H2,1-2H3,(H2,13,14,15,16). The molecule has 1 unspecified atom stereocenters. The largest absolute Gasteiger partial charge is 0.464 e. The number of amides is 3. The van der Waals surface area contributed by atoms with Gasteiger partial charge in [-0.3, -0.25) is 10.1 Å². The van der Waals surface area contributed by atoms with Gasteiger partial charge in [0.15, 0.2) is 0 Å². The Labute approximate surface area is 105 Å². The number of furan rings is 1. The lowest BCUT2D eigenvalue weighted by atomic mass is 10.2. The number of hydrogen-bond donors (Lipinski definition) is 2. The van der Waals surface area contributed by atoms with Crippen molar-refractivity contribution in [3.05, 3.63) is 23.7 Å². The molecule has 1 heterocycles. The lowest BCUT2D eigenvalue weighted by molar-refractivity contribution is -0.119. The highest BCUT2D eigenvalue weighted by molar-refractivity contribution is 6.19. The average molecular weight is 259 g/mol. The molecule has 0 aliphatic rings. The van der Waals surface area contributed by atoms with E-state index in [4.69, 9.17) is 16.0 Å². The summed E-state index contributed by atoms with van der Waals surface area (Å²) in [5.74, 6) is 1.20. The molecule has 0 radical (unpaired) electrons. The van der Waals surface area contributed by atoms with Gasteiger partial charge >= 0.3 is 6.03 Å². The Kier molecular flexibility index (Phi) is 5.03. The predicted octanol–water partition coefficient (Wildman–Crippen LogP) is 2.10. The van der Waals surface area contributed by atoms with Crippen molar-refractivity contribution in [1.82, 2.24) is 10.6 Å². The van der Waals surface area contributed by atoms with Crippen LogP contribution < -0.4 is 10.6 Å². The Morgan fingerprint density at radius 3 is 2.71 bits per heavy atom. The number of aryl methyl sites for hydroxylation is 1. The highest BCUT2D eigenvalue weighted by atomic mass is 35.5. The molecule has 2 N–H and O–H groups in total. The molecule has 5 nitrogen and oxygen atoms in total. The molecular formula is C11H15ClN2O3. The SMILES string of the molecule is Cc1ccc(C(C)NC(=O)NC(=O)CCCl)o1. The normalized spacial score (nSPS) is 11.9. The number of hydrogen-bond acceptors (Lipinski definition) is 3. The van der Waals surface area contributed by atoms with E-state index in [-0.39, 0.29) is 18.3 Å². The summed E-state index contributed by atoms with van der Waals surface area (Å²) in [7, 11) is 0. The summed E-state index contributed by atoms with van der Waals surface area (Å²) in [6, 6.07) is 2.74. The molecule has 17 heavy (non-hydrogen) atoms. The number of alkyl halides is 1. The summed E-state index contributed by atoms with van der Waals surface area (Å²) in [5.41, 5.74) is 0. The third kappa shape index (κ3) is 4.48. The number of rotatable bonds is 4. The van der Waals surface area contributed by atoms with Crippen molar-refractivity contribution in [3.63, 3.8) is 0 Å². The van der Waals surface area contributed by atoms with Crippen molar-refractivity contribution in [2.75, 3.05) is 5.88 Å². The maximum absolute atomic E-state index is 11.4. The Morgan fingerprint density at radius 2 is 2.18 bits per heavy atom. The summed E-state index contributed by atoms with van der Waals surface area (Å²) in [5, 5.41) is 4.76. The average Bonchev–Trinajstić information content (AvgIpc) is 2.64. The molecular weight excluding hydrogens is 244 g/mol. The molecule has 3 amide bonds. The number of nitrogens with one attached hydrogen (secondary N) is 2. The highest BCUT2D eigenvalue weighted by Gasteiger charge is 2.14. The van der Waals surface area contributed by atoms with Gasteiger partial charge in [0.1, 0.15) is 11.5 Å². The van der Waals surface area contributed by atoms with Gasteiger partial charge < -0.3 is 9.73 Å². The van der Waals surface area contributed by atoms with Gasteiger partial charge in [0.05, 0.1) is 6.04 Å². The molecule has 0 spiro atoms. The molecule has 0 aliphatic heterocycles. The van der Waals surface area contributed by atoms with Crippen LogP contribution in [0.4, 0.5) is 4.79 Å².